The second kappa shape index (κ2) is 4.98. The summed E-state index contributed by atoms with van der Waals surface area (Å²) in [5.74, 6) is 0.479. The summed E-state index contributed by atoms with van der Waals surface area (Å²) >= 11 is 0. The summed E-state index contributed by atoms with van der Waals surface area (Å²) in [5, 5.41) is 3.01. The van der Waals surface area contributed by atoms with Crippen LogP contribution < -0.4 is 10.2 Å². The SMILES string of the molecule is O=C(NC[C@H]1CCOC1)N1CCc2ccccc21. The summed E-state index contributed by atoms with van der Waals surface area (Å²) in [5.41, 5.74) is 2.31. The highest BCUT2D eigenvalue weighted by molar-refractivity contribution is 5.94. The second-order valence-corrected chi connectivity index (χ2v) is 4.95. The third kappa shape index (κ3) is 2.20. The number of urea groups is 1. The first-order chi connectivity index (χ1) is 8.84. The number of ether oxygens (including phenoxy) is 1. The van der Waals surface area contributed by atoms with E-state index in [1.807, 2.05) is 23.1 Å². The molecule has 2 amide bonds. The molecule has 0 spiro atoms. The Hall–Kier alpha value is -1.55. The minimum atomic E-state index is 0.0202. The quantitative estimate of drug-likeness (QED) is 0.864. The molecule has 3 rings (SSSR count). The molecule has 2 aliphatic heterocycles. The number of nitrogens with zero attached hydrogens (tertiary/aromatic N) is 1. The number of hydrogen-bond donors (Lipinski definition) is 1. The molecule has 2 aliphatic rings. The molecule has 4 nitrogen and oxygen atoms in total. The standard InChI is InChI=1S/C14H18N2O2/c17-14(15-9-11-6-8-18-10-11)16-7-5-12-3-1-2-4-13(12)16/h1-4,11H,5-10H2,(H,15,17)/t11-/m1/s1. The predicted molar refractivity (Wildman–Crippen MR) is 69.8 cm³/mol. The highest BCUT2D eigenvalue weighted by atomic mass is 16.5. The first kappa shape index (κ1) is 11.5. The maximum absolute atomic E-state index is 12.1. The molecule has 1 atom stereocenters. The molecule has 1 aromatic rings. The summed E-state index contributed by atoms with van der Waals surface area (Å²) in [7, 11) is 0. The van der Waals surface area contributed by atoms with Crippen LogP contribution in [0.3, 0.4) is 0 Å². The zero-order valence-electron chi connectivity index (χ0n) is 10.4. The summed E-state index contributed by atoms with van der Waals surface area (Å²) in [4.78, 5) is 14.0. The first-order valence-corrected chi connectivity index (χ1v) is 6.55. The Morgan fingerprint density at radius 2 is 2.33 bits per heavy atom. The van der Waals surface area contributed by atoms with E-state index in [1.165, 1.54) is 5.56 Å². The van der Waals surface area contributed by atoms with Gasteiger partial charge in [0.15, 0.2) is 0 Å². The van der Waals surface area contributed by atoms with Crippen molar-refractivity contribution in [1.29, 1.82) is 0 Å². The number of anilines is 1. The summed E-state index contributed by atoms with van der Waals surface area (Å²) < 4.78 is 5.31. The number of amides is 2. The van der Waals surface area contributed by atoms with Crippen LogP contribution in [0.1, 0.15) is 12.0 Å². The monoisotopic (exact) mass is 246 g/mol. The molecule has 0 aliphatic carbocycles. The van der Waals surface area contributed by atoms with Crippen molar-refractivity contribution in [3.8, 4) is 0 Å². The van der Waals surface area contributed by atoms with Gasteiger partial charge in [-0.25, -0.2) is 4.79 Å². The van der Waals surface area contributed by atoms with Crippen LogP contribution in [0, 0.1) is 5.92 Å². The zero-order valence-corrected chi connectivity index (χ0v) is 10.4. The van der Waals surface area contributed by atoms with Crippen LogP contribution >= 0.6 is 0 Å². The van der Waals surface area contributed by atoms with Gasteiger partial charge in [0.25, 0.3) is 0 Å². The van der Waals surface area contributed by atoms with Crippen LogP contribution in [-0.2, 0) is 11.2 Å². The van der Waals surface area contributed by atoms with Crippen molar-refractivity contribution in [2.24, 2.45) is 5.92 Å². The van der Waals surface area contributed by atoms with E-state index in [0.717, 1.165) is 44.8 Å². The normalized spacial score (nSPS) is 22.0. The lowest BCUT2D eigenvalue weighted by Gasteiger charge is -2.19. The molecule has 18 heavy (non-hydrogen) atoms. The highest BCUT2D eigenvalue weighted by Crippen LogP contribution is 2.27. The van der Waals surface area contributed by atoms with Crippen LogP contribution in [0.4, 0.5) is 10.5 Å². The molecule has 0 unspecified atom stereocenters. The number of hydrogen-bond acceptors (Lipinski definition) is 2. The molecule has 1 fully saturated rings. The number of carbonyl (C=O) groups is 1. The largest absolute Gasteiger partial charge is 0.381 e. The number of carbonyl (C=O) groups excluding carboxylic acids is 1. The number of nitrogens with one attached hydrogen (secondary N) is 1. The van der Waals surface area contributed by atoms with E-state index in [-0.39, 0.29) is 6.03 Å². The molecule has 0 aromatic heterocycles. The van der Waals surface area contributed by atoms with Gasteiger partial charge in [-0.2, -0.15) is 0 Å². The second-order valence-electron chi connectivity index (χ2n) is 4.95. The summed E-state index contributed by atoms with van der Waals surface area (Å²) in [6, 6.07) is 8.13. The van der Waals surface area contributed by atoms with Gasteiger partial charge in [0.1, 0.15) is 0 Å². The molecule has 1 N–H and O–H groups in total. The number of fused-ring (bicyclic) bond motifs is 1. The maximum atomic E-state index is 12.1. The van der Waals surface area contributed by atoms with Gasteiger partial charge in [-0.05, 0) is 24.5 Å². The zero-order chi connectivity index (χ0) is 12.4. The van der Waals surface area contributed by atoms with E-state index in [9.17, 15) is 4.79 Å². The van der Waals surface area contributed by atoms with Gasteiger partial charge in [-0.3, -0.25) is 4.90 Å². The van der Waals surface area contributed by atoms with E-state index in [4.69, 9.17) is 4.74 Å². The van der Waals surface area contributed by atoms with Crippen LogP contribution in [0.5, 0.6) is 0 Å². The fourth-order valence-electron chi connectivity index (χ4n) is 2.62. The van der Waals surface area contributed by atoms with Gasteiger partial charge in [0.2, 0.25) is 0 Å². The lowest BCUT2D eigenvalue weighted by Crippen LogP contribution is -2.41. The molecule has 0 bridgehead atoms. The van der Waals surface area contributed by atoms with Crippen LogP contribution in [0.15, 0.2) is 24.3 Å². The Kier molecular flexibility index (Phi) is 3.19. The van der Waals surface area contributed by atoms with Gasteiger partial charge in [0, 0.05) is 31.3 Å². The van der Waals surface area contributed by atoms with E-state index in [0.29, 0.717) is 5.92 Å². The Morgan fingerprint density at radius 3 is 3.17 bits per heavy atom. The third-order valence-corrected chi connectivity index (χ3v) is 3.70. The first-order valence-electron chi connectivity index (χ1n) is 6.55. The number of rotatable bonds is 2. The molecule has 96 valence electrons. The minimum Gasteiger partial charge on any atom is -0.381 e. The van der Waals surface area contributed by atoms with E-state index >= 15 is 0 Å². The Morgan fingerprint density at radius 1 is 1.44 bits per heavy atom. The van der Waals surface area contributed by atoms with Crippen molar-refractivity contribution in [3.05, 3.63) is 29.8 Å². The third-order valence-electron chi connectivity index (χ3n) is 3.70. The topological polar surface area (TPSA) is 41.6 Å². The van der Waals surface area contributed by atoms with Crippen molar-refractivity contribution >= 4 is 11.7 Å². The van der Waals surface area contributed by atoms with Crippen molar-refractivity contribution in [2.75, 3.05) is 31.2 Å². The fraction of sp³-hybridized carbons (Fsp3) is 0.500. The van der Waals surface area contributed by atoms with Crippen LogP contribution in [0.2, 0.25) is 0 Å². The van der Waals surface area contributed by atoms with E-state index < -0.39 is 0 Å². The Labute approximate surface area is 107 Å². The molecule has 1 aromatic carbocycles. The summed E-state index contributed by atoms with van der Waals surface area (Å²) in [6.45, 7) is 3.10. The lowest BCUT2D eigenvalue weighted by molar-refractivity contribution is 0.185. The Balaban J connectivity index is 1.60. The van der Waals surface area contributed by atoms with Gasteiger partial charge in [0.05, 0.1) is 6.61 Å². The molecular weight excluding hydrogens is 228 g/mol. The smallest absolute Gasteiger partial charge is 0.321 e. The van der Waals surface area contributed by atoms with Gasteiger partial charge >= 0.3 is 6.03 Å². The fourth-order valence-corrected chi connectivity index (χ4v) is 2.62. The lowest BCUT2D eigenvalue weighted by atomic mass is 10.1. The van der Waals surface area contributed by atoms with Crippen molar-refractivity contribution in [3.63, 3.8) is 0 Å². The summed E-state index contributed by atoms with van der Waals surface area (Å²) in [6.07, 6.45) is 2.01. The van der Waals surface area contributed by atoms with Crippen molar-refractivity contribution in [2.45, 2.75) is 12.8 Å². The number of benzene rings is 1. The predicted octanol–water partition coefficient (Wildman–Crippen LogP) is 1.80. The van der Waals surface area contributed by atoms with Crippen LogP contribution in [0.25, 0.3) is 0 Å². The van der Waals surface area contributed by atoms with E-state index in [2.05, 4.69) is 11.4 Å². The Bertz CT molecular complexity index is 441. The molecule has 2 heterocycles. The average Bonchev–Trinajstić information content (AvgIpc) is 3.05. The average molecular weight is 246 g/mol. The van der Waals surface area contributed by atoms with Gasteiger partial charge < -0.3 is 10.1 Å². The van der Waals surface area contributed by atoms with Crippen LogP contribution in [-0.4, -0.2) is 32.3 Å². The van der Waals surface area contributed by atoms with E-state index in [1.54, 1.807) is 0 Å². The van der Waals surface area contributed by atoms with Crippen molar-refractivity contribution in [1.82, 2.24) is 5.32 Å². The van der Waals surface area contributed by atoms with Gasteiger partial charge in [-0.15, -0.1) is 0 Å². The minimum absolute atomic E-state index is 0.0202. The van der Waals surface area contributed by atoms with Crippen molar-refractivity contribution < 1.29 is 9.53 Å². The molecule has 0 radical (unpaired) electrons. The molecular formula is C14H18N2O2. The molecule has 0 saturated carbocycles. The molecule has 1 saturated heterocycles. The maximum Gasteiger partial charge on any atom is 0.321 e. The number of para-hydroxylation sites is 1. The highest BCUT2D eigenvalue weighted by Gasteiger charge is 2.25. The van der Waals surface area contributed by atoms with Gasteiger partial charge in [-0.1, -0.05) is 18.2 Å². The molecule has 4 heteroatoms.